The fourth-order valence-electron chi connectivity index (χ4n) is 2.48. The van der Waals surface area contributed by atoms with Crippen molar-refractivity contribution < 1.29 is 9.53 Å². The lowest BCUT2D eigenvalue weighted by Crippen LogP contribution is -2.49. The Morgan fingerprint density at radius 2 is 1.90 bits per heavy atom. The van der Waals surface area contributed by atoms with Gasteiger partial charge in [-0.25, -0.2) is 14.8 Å². The van der Waals surface area contributed by atoms with Gasteiger partial charge < -0.3 is 19.9 Å². The molecule has 2 rings (SSSR count). The number of nitrogens with zero attached hydrogens (tertiary/aromatic N) is 4. The van der Waals surface area contributed by atoms with E-state index in [-0.39, 0.29) is 6.09 Å². The molecule has 1 aliphatic heterocycles. The number of nitrogens with one attached hydrogen (secondary N) is 1. The maximum Gasteiger partial charge on any atom is 0.409 e. The van der Waals surface area contributed by atoms with Gasteiger partial charge in [0.1, 0.15) is 17.5 Å². The van der Waals surface area contributed by atoms with Crippen LogP contribution in [0.15, 0.2) is 0 Å². The Morgan fingerprint density at radius 1 is 1.24 bits per heavy atom. The molecule has 21 heavy (non-hydrogen) atoms. The summed E-state index contributed by atoms with van der Waals surface area (Å²) in [6, 6.07) is 0. The van der Waals surface area contributed by atoms with Crippen molar-refractivity contribution in [3.8, 4) is 0 Å². The highest BCUT2D eigenvalue weighted by Crippen LogP contribution is 2.24. The van der Waals surface area contributed by atoms with E-state index < -0.39 is 0 Å². The van der Waals surface area contributed by atoms with E-state index in [1.54, 1.807) is 4.90 Å². The van der Waals surface area contributed by atoms with E-state index in [4.69, 9.17) is 4.74 Å². The Hall–Kier alpha value is -2.05. The third-order valence-corrected chi connectivity index (χ3v) is 3.57. The number of aromatic nitrogens is 2. The maximum atomic E-state index is 11.7. The van der Waals surface area contributed by atoms with Gasteiger partial charge in [0.2, 0.25) is 0 Å². The van der Waals surface area contributed by atoms with Crippen molar-refractivity contribution in [2.45, 2.75) is 20.8 Å². The molecule has 1 fully saturated rings. The number of ether oxygens (including phenoxy) is 1. The quantitative estimate of drug-likeness (QED) is 0.908. The van der Waals surface area contributed by atoms with E-state index in [0.29, 0.717) is 19.7 Å². The van der Waals surface area contributed by atoms with Crippen molar-refractivity contribution in [2.24, 2.45) is 0 Å². The van der Waals surface area contributed by atoms with Crippen LogP contribution in [0.4, 0.5) is 16.4 Å². The molecular formula is C14H23N5O2. The van der Waals surface area contributed by atoms with E-state index in [0.717, 1.165) is 36.1 Å². The van der Waals surface area contributed by atoms with Crippen LogP contribution >= 0.6 is 0 Å². The molecule has 0 atom stereocenters. The summed E-state index contributed by atoms with van der Waals surface area (Å²) in [5.74, 6) is 2.54. The molecule has 1 N–H and O–H groups in total. The van der Waals surface area contributed by atoms with Gasteiger partial charge in [-0.2, -0.15) is 0 Å². The van der Waals surface area contributed by atoms with Gasteiger partial charge in [0.25, 0.3) is 0 Å². The van der Waals surface area contributed by atoms with E-state index in [1.165, 1.54) is 0 Å². The van der Waals surface area contributed by atoms with Crippen molar-refractivity contribution in [3.05, 3.63) is 11.4 Å². The topological polar surface area (TPSA) is 70.6 Å². The molecule has 0 spiro atoms. The lowest BCUT2D eigenvalue weighted by Gasteiger charge is -2.35. The summed E-state index contributed by atoms with van der Waals surface area (Å²) in [4.78, 5) is 24.6. The predicted molar refractivity (Wildman–Crippen MR) is 81.9 cm³/mol. The summed E-state index contributed by atoms with van der Waals surface area (Å²) in [6.45, 7) is 8.93. The highest BCUT2D eigenvalue weighted by Gasteiger charge is 2.24. The summed E-state index contributed by atoms with van der Waals surface area (Å²) >= 11 is 0. The van der Waals surface area contributed by atoms with E-state index in [9.17, 15) is 4.79 Å². The fourth-order valence-corrected chi connectivity index (χ4v) is 2.48. The third kappa shape index (κ3) is 3.34. The van der Waals surface area contributed by atoms with Crippen molar-refractivity contribution in [1.29, 1.82) is 0 Å². The molecule has 0 aliphatic carbocycles. The largest absolute Gasteiger partial charge is 0.450 e. The minimum Gasteiger partial charge on any atom is -0.450 e. The molecule has 7 nitrogen and oxygen atoms in total. The molecule has 0 unspecified atom stereocenters. The summed E-state index contributed by atoms with van der Waals surface area (Å²) < 4.78 is 5.03. The summed E-state index contributed by atoms with van der Waals surface area (Å²) in [6.07, 6.45) is -0.233. The molecule has 0 bridgehead atoms. The van der Waals surface area contributed by atoms with Gasteiger partial charge in [-0.1, -0.05) is 0 Å². The molecule has 1 amide bonds. The van der Waals surface area contributed by atoms with Crippen LogP contribution in [0.3, 0.4) is 0 Å². The standard InChI is InChI=1S/C14H23N5O2/c1-5-21-14(20)19-8-6-18(7-9-19)13-10(2)12(15-4)16-11(3)17-13/h5-9H2,1-4H3,(H,15,16,17). The van der Waals surface area contributed by atoms with Gasteiger partial charge in [-0.15, -0.1) is 0 Å². The van der Waals surface area contributed by atoms with Gasteiger partial charge >= 0.3 is 6.09 Å². The second-order valence-electron chi connectivity index (χ2n) is 4.99. The molecule has 1 aliphatic rings. The monoisotopic (exact) mass is 293 g/mol. The third-order valence-electron chi connectivity index (χ3n) is 3.57. The van der Waals surface area contributed by atoms with Crippen LogP contribution in [0.25, 0.3) is 0 Å². The van der Waals surface area contributed by atoms with Crippen LogP contribution in [0, 0.1) is 13.8 Å². The Labute approximate surface area is 125 Å². The first-order valence-corrected chi connectivity index (χ1v) is 7.26. The van der Waals surface area contributed by atoms with Crippen LogP contribution in [-0.2, 0) is 4.74 Å². The van der Waals surface area contributed by atoms with Gasteiger partial charge in [-0.3, -0.25) is 0 Å². The number of piperazine rings is 1. The molecule has 116 valence electrons. The fraction of sp³-hybridized carbons (Fsp3) is 0.643. The molecule has 0 aromatic carbocycles. The van der Waals surface area contributed by atoms with Crippen LogP contribution < -0.4 is 10.2 Å². The van der Waals surface area contributed by atoms with Crippen LogP contribution in [0.1, 0.15) is 18.3 Å². The van der Waals surface area contributed by atoms with Crippen molar-refractivity contribution in [3.63, 3.8) is 0 Å². The first-order valence-electron chi connectivity index (χ1n) is 7.26. The summed E-state index contributed by atoms with van der Waals surface area (Å²) in [5.41, 5.74) is 1.03. The first kappa shape index (κ1) is 15.3. The zero-order valence-electron chi connectivity index (χ0n) is 13.1. The molecule has 0 radical (unpaired) electrons. The van der Waals surface area contributed by atoms with Crippen molar-refractivity contribution >= 4 is 17.7 Å². The lowest BCUT2D eigenvalue weighted by atomic mass is 10.2. The maximum absolute atomic E-state index is 11.7. The number of carbonyl (C=O) groups is 1. The zero-order chi connectivity index (χ0) is 15.4. The highest BCUT2D eigenvalue weighted by atomic mass is 16.6. The SMILES string of the molecule is CCOC(=O)N1CCN(c2nc(C)nc(NC)c2C)CC1. The van der Waals surface area contributed by atoms with Crippen molar-refractivity contribution in [1.82, 2.24) is 14.9 Å². The second-order valence-corrected chi connectivity index (χ2v) is 4.99. The number of aryl methyl sites for hydroxylation is 1. The average molecular weight is 293 g/mol. The Balaban J connectivity index is 2.09. The van der Waals surface area contributed by atoms with Gasteiger partial charge in [0.15, 0.2) is 0 Å². The van der Waals surface area contributed by atoms with E-state index >= 15 is 0 Å². The summed E-state index contributed by atoms with van der Waals surface area (Å²) in [7, 11) is 1.86. The second kappa shape index (κ2) is 6.60. The van der Waals surface area contributed by atoms with Gasteiger partial charge in [-0.05, 0) is 20.8 Å². The van der Waals surface area contributed by atoms with Crippen molar-refractivity contribution in [2.75, 3.05) is 50.1 Å². The van der Waals surface area contributed by atoms with Crippen LogP contribution in [0.5, 0.6) is 0 Å². The average Bonchev–Trinajstić information content (AvgIpc) is 2.49. The molecule has 1 aromatic rings. The molecule has 2 heterocycles. The smallest absolute Gasteiger partial charge is 0.409 e. The number of amides is 1. The van der Waals surface area contributed by atoms with Crippen LogP contribution in [-0.4, -0.2) is 60.8 Å². The molecule has 7 heteroatoms. The minimum absolute atomic E-state index is 0.233. The molecular weight excluding hydrogens is 270 g/mol. The molecule has 0 saturated carbocycles. The highest BCUT2D eigenvalue weighted by molar-refractivity contribution is 5.68. The number of hydrogen-bond acceptors (Lipinski definition) is 6. The minimum atomic E-state index is -0.233. The first-order chi connectivity index (χ1) is 10.1. The summed E-state index contributed by atoms with van der Waals surface area (Å²) in [5, 5.41) is 3.10. The zero-order valence-corrected chi connectivity index (χ0v) is 13.1. The number of anilines is 2. The Kier molecular flexibility index (Phi) is 4.82. The van der Waals surface area contributed by atoms with E-state index in [2.05, 4.69) is 20.2 Å². The van der Waals surface area contributed by atoms with E-state index in [1.807, 2.05) is 27.8 Å². The normalized spacial score (nSPS) is 15.0. The molecule has 1 saturated heterocycles. The number of rotatable bonds is 3. The van der Waals surface area contributed by atoms with Gasteiger partial charge in [0.05, 0.1) is 6.61 Å². The van der Waals surface area contributed by atoms with Crippen LogP contribution in [0.2, 0.25) is 0 Å². The number of carbonyl (C=O) groups excluding carboxylic acids is 1. The molecule has 1 aromatic heterocycles. The Bertz CT molecular complexity index is 512. The number of hydrogen-bond donors (Lipinski definition) is 1. The lowest BCUT2D eigenvalue weighted by molar-refractivity contribution is 0.105. The van der Waals surface area contributed by atoms with Gasteiger partial charge in [0, 0.05) is 38.8 Å². The Morgan fingerprint density at radius 3 is 2.48 bits per heavy atom. The predicted octanol–water partition coefficient (Wildman–Crippen LogP) is 1.41.